The van der Waals surface area contributed by atoms with E-state index in [0.717, 1.165) is 24.3 Å². The van der Waals surface area contributed by atoms with Gasteiger partial charge >= 0.3 is 0 Å². The second-order valence-corrected chi connectivity index (χ2v) is 8.25. The highest BCUT2D eigenvalue weighted by molar-refractivity contribution is 7.92. The van der Waals surface area contributed by atoms with Crippen LogP contribution in [-0.4, -0.2) is 29.1 Å². The number of para-hydroxylation sites is 1. The summed E-state index contributed by atoms with van der Waals surface area (Å²) in [7, 11) is -7.56. The van der Waals surface area contributed by atoms with Gasteiger partial charge in [0, 0.05) is 12.2 Å². The van der Waals surface area contributed by atoms with Crippen LogP contribution in [0.1, 0.15) is 0 Å². The average Bonchev–Trinajstić information content (AvgIpc) is 2.47. The van der Waals surface area contributed by atoms with E-state index in [2.05, 4.69) is 9.44 Å². The van der Waals surface area contributed by atoms with Crippen molar-refractivity contribution in [1.29, 1.82) is 0 Å². The van der Waals surface area contributed by atoms with Gasteiger partial charge in [0.1, 0.15) is 5.82 Å². The lowest BCUT2D eigenvalue weighted by atomic mass is 10.3. The first kappa shape index (κ1) is 17.4. The van der Waals surface area contributed by atoms with Crippen molar-refractivity contribution in [3.8, 4) is 0 Å². The van der Waals surface area contributed by atoms with Crippen LogP contribution in [0.5, 0.6) is 0 Å². The standard InChI is InChI=1S/C14H15FN2O4S2/c15-12-6-8-14(9-7-12)23(20,21)16-10-11-22(18,19)17-13-4-2-1-3-5-13/h1-9,16-17H,10-11H2. The van der Waals surface area contributed by atoms with E-state index in [1.54, 1.807) is 30.3 Å². The highest BCUT2D eigenvalue weighted by Crippen LogP contribution is 2.10. The molecule has 0 aliphatic rings. The smallest absolute Gasteiger partial charge is 0.240 e. The van der Waals surface area contributed by atoms with Crippen molar-refractivity contribution in [3.63, 3.8) is 0 Å². The van der Waals surface area contributed by atoms with E-state index in [-0.39, 0.29) is 11.4 Å². The molecule has 0 aromatic heterocycles. The highest BCUT2D eigenvalue weighted by Gasteiger charge is 2.16. The van der Waals surface area contributed by atoms with Gasteiger partial charge < -0.3 is 0 Å². The van der Waals surface area contributed by atoms with Crippen LogP contribution in [0.2, 0.25) is 0 Å². The van der Waals surface area contributed by atoms with Crippen molar-refractivity contribution < 1.29 is 21.2 Å². The Balaban J connectivity index is 1.94. The van der Waals surface area contributed by atoms with Crippen LogP contribution >= 0.6 is 0 Å². The van der Waals surface area contributed by atoms with Crippen LogP contribution in [0, 0.1) is 5.82 Å². The van der Waals surface area contributed by atoms with Crippen LogP contribution < -0.4 is 9.44 Å². The lowest BCUT2D eigenvalue weighted by Gasteiger charge is -2.09. The summed E-state index contributed by atoms with van der Waals surface area (Å²) in [6.07, 6.45) is 0. The predicted octanol–water partition coefficient (Wildman–Crippen LogP) is 1.55. The molecule has 0 radical (unpaired) electrons. The molecule has 0 aliphatic carbocycles. The van der Waals surface area contributed by atoms with E-state index < -0.39 is 31.6 Å². The second-order valence-electron chi connectivity index (χ2n) is 4.64. The first-order valence-electron chi connectivity index (χ1n) is 6.59. The summed E-state index contributed by atoms with van der Waals surface area (Å²) in [6, 6.07) is 12.5. The Morgan fingerprint density at radius 1 is 0.870 bits per heavy atom. The first-order valence-corrected chi connectivity index (χ1v) is 9.73. The van der Waals surface area contributed by atoms with Crippen LogP contribution in [0.4, 0.5) is 10.1 Å². The lowest BCUT2D eigenvalue weighted by molar-refractivity contribution is 0.581. The minimum Gasteiger partial charge on any atom is -0.284 e. The third-order valence-corrected chi connectivity index (χ3v) is 5.60. The Kier molecular flexibility index (Phi) is 5.34. The molecule has 0 atom stereocenters. The van der Waals surface area contributed by atoms with Gasteiger partial charge in [0.2, 0.25) is 20.0 Å². The number of hydrogen-bond acceptors (Lipinski definition) is 4. The molecule has 0 aliphatic heterocycles. The molecule has 9 heteroatoms. The van der Waals surface area contributed by atoms with E-state index in [4.69, 9.17) is 0 Å². The Morgan fingerprint density at radius 3 is 2.09 bits per heavy atom. The molecule has 0 heterocycles. The molecule has 2 N–H and O–H groups in total. The molecule has 6 nitrogen and oxygen atoms in total. The number of anilines is 1. The van der Waals surface area contributed by atoms with E-state index in [0.29, 0.717) is 5.69 Å². The molecule has 0 fully saturated rings. The maximum absolute atomic E-state index is 12.8. The Bertz CT molecular complexity index is 851. The quantitative estimate of drug-likeness (QED) is 0.785. The molecule has 23 heavy (non-hydrogen) atoms. The largest absolute Gasteiger partial charge is 0.284 e. The molecule has 0 amide bonds. The zero-order valence-corrected chi connectivity index (χ0v) is 13.6. The SMILES string of the molecule is O=S(=O)(CCNS(=O)(=O)c1ccc(F)cc1)Nc1ccccc1. The normalized spacial score (nSPS) is 12.0. The molecule has 124 valence electrons. The number of benzene rings is 2. The summed E-state index contributed by atoms with van der Waals surface area (Å²) >= 11 is 0. The molecule has 2 rings (SSSR count). The van der Waals surface area contributed by atoms with E-state index in [1.807, 2.05) is 0 Å². The zero-order valence-electron chi connectivity index (χ0n) is 11.9. The van der Waals surface area contributed by atoms with Gasteiger partial charge in [-0.25, -0.2) is 25.9 Å². The molecule has 2 aromatic rings. The molecule has 0 saturated carbocycles. The van der Waals surface area contributed by atoms with Crippen LogP contribution in [0.15, 0.2) is 59.5 Å². The van der Waals surface area contributed by atoms with E-state index in [9.17, 15) is 21.2 Å². The van der Waals surface area contributed by atoms with E-state index >= 15 is 0 Å². The third kappa shape index (κ3) is 5.31. The van der Waals surface area contributed by atoms with Gasteiger partial charge in [-0.2, -0.15) is 0 Å². The van der Waals surface area contributed by atoms with Crippen molar-refractivity contribution >= 4 is 25.7 Å². The summed E-state index contributed by atoms with van der Waals surface area (Å²) in [5, 5.41) is 0. The molecule has 0 spiro atoms. The van der Waals surface area contributed by atoms with Crippen molar-refractivity contribution in [1.82, 2.24) is 4.72 Å². The fraction of sp³-hybridized carbons (Fsp3) is 0.143. The number of halogens is 1. The fourth-order valence-corrected chi connectivity index (χ4v) is 3.87. The van der Waals surface area contributed by atoms with Gasteiger partial charge in [-0.05, 0) is 36.4 Å². The average molecular weight is 358 g/mol. The van der Waals surface area contributed by atoms with Crippen molar-refractivity contribution in [2.45, 2.75) is 4.90 Å². The van der Waals surface area contributed by atoms with Crippen molar-refractivity contribution in [2.75, 3.05) is 17.0 Å². The number of sulfonamides is 2. The lowest BCUT2D eigenvalue weighted by Crippen LogP contribution is -2.31. The molecule has 0 unspecified atom stereocenters. The fourth-order valence-electron chi connectivity index (χ4n) is 1.74. The van der Waals surface area contributed by atoms with Crippen LogP contribution in [-0.2, 0) is 20.0 Å². The zero-order chi connectivity index (χ0) is 16.9. The summed E-state index contributed by atoms with van der Waals surface area (Å²) in [4.78, 5) is -0.132. The van der Waals surface area contributed by atoms with Gasteiger partial charge in [-0.1, -0.05) is 18.2 Å². The molecular weight excluding hydrogens is 343 g/mol. The summed E-state index contributed by atoms with van der Waals surface area (Å²) < 4.78 is 64.9. The topological polar surface area (TPSA) is 92.3 Å². The molecular formula is C14H15FN2O4S2. The summed E-state index contributed by atoms with van der Waals surface area (Å²) in [5.74, 6) is -0.985. The van der Waals surface area contributed by atoms with Crippen LogP contribution in [0.3, 0.4) is 0 Å². The Morgan fingerprint density at radius 2 is 1.48 bits per heavy atom. The van der Waals surface area contributed by atoms with Gasteiger partial charge in [0.25, 0.3) is 0 Å². The monoisotopic (exact) mass is 358 g/mol. The molecule has 0 saturated heterocycles. The number of nitrogens with one attached hydrogen (secondary N) is 2. The maximum atomic E-state index is 12.8. The van der Waals surface area contributed by atoms with Gasteiger partial charge in [-0.15, -0.1) is 0 Å². The van der Waals surface area contributed by atoms with E-state index in [1.165, 1.54) is 0 Å². The minimum absolute atomic E-state index is 0.132. The first-order chi connectivity index (χ1) is 10.8. The minimum atomic E-state index is -3.88. The predicted molar refractivity (Wildman–Crippen MR) is 85.4 cm³/mol. The number of rotatable bonds is 7. The van der Waals surface area contributed by atoms with Gasteiger partial charge in [0.15, 0.2) is 0 Å². The Labute approximate surface area is 134 Å². The summed E-state index contributed by atoms with van der Waals surface area (Å²) in [5.41, 5.74) is 0.397. The molecule has 2 aromatic carbocycles. The summed E-state index contributed by atoms with van der Waals surface area (Å²) in [6.45, 7) is -0.304. The van der Waals surface area contributed by atoms with Gasteiger partial charge in [0.05, 0.1) is 10.6 Å². The maximum Gasteiger partial charge on any atom is 0.240 e. The third-order valence-electron chi connectivity index (χ3n) is 2.83. The van der Waals surface area contributed by atoms with Crippen molar-refractivity contribution in [3.05, 3.63) is 60.4 Å². The van der Waals surface area contributed by atoms with Crippen molar-refractivity contribution in [2.24, 2.45) is 0 Å². The number of hydrogen-bond donors (Lipinski definition) is 2. The van der Waals surface area contributed by atoms with Crippen LogP contribution in [0.25, 0.3) is 0 Å². The molecule has 0 bridgehead atoms. The Hall–Kier alpha value is -1.97. The second kappa shape index (κ2) is 7.07. The van der Waals surface area contributed by atoms with Gasteiger partial charge in [-0.3, -0.25) is 4.72 Å². The highest BCUT2D eigenvalue weighted by atomic mass is 32.2.